The van der Waals surface area contributed by atoms with E-state index in [9.17, 15) is 14.9 Å². The van der Waals surface area contributed by atoms with E-state index >= 15 is 0 Å². The fraction of sp³-hybridized carbons (Fsp3) is 0.417. The summed E-state index contributed by atoms with van der Waals surface area (Å²) in [7, 11) is 0. The third-order valence-corrected chi connectivity index (χ3v) is 4.08. The van der Waals surface area contributed by atoms with Crippen molar-refractivity contribution in [2.75, 3.05) is 18.0 Å². The first-order valence-corrected chi connectivity index (χ1v) is 6.89. The molecule has 1 aromatic carbocycles. The van der Waals surface area contributed by atoms with E-state index in [-0.39, 0.29) is 11.6 Å². The standard InChI is InChI=1S/C12H13IN2O4/c1-7-5-14(6-9(7)12(16)17)10-3-2-8(13)4-11(10)15(18)19/h2-4,7,9H,5-6H2,1H3,(H,16,17)/t7-,9-/m1/s1. The van der Waals surface area contributed by atoms with Crippen molar-refractivity contribution < 1.29 is 14.8 Å². The second-order valence-corrected chi connectivity index (χ2v) is 5.96. The van der Waals surface area contributed by atoms with Crippen LogP contribution < -0.4 is 4.90 Å². The van der Waals surface area contributed by atoms with Gasteiger partial charge in [-0.2, -0.15) is 0 Å². The molecule has 1 fully saturated rings. The minimum absolute atomic E-state index is 0.0172. The first kappa shape index (κ1) is 14.0. The fourth-order valence-electron chi connectivity index (χ4n) is 2.40. The van der Waals surface area contributed by atoms with Crippen LogP contribution in [0.4, 0.5) is 11.4 Å². The number of carboxylic acids is 1. The summed E-state index contributed by atoms with van der Waals surface area (Å²) in [6, 6.07) is 4.99. The highest BCUT2D eigenvalue weighted by molar-refractivity contribution is 14.1. The molecule has 0 bridgehead atoms. The number of halogens is 1. The second kappa shape index (κ2) is 5.32. The maximum Gasteiger partial charge on any atom is 0.308 e. The van der Waals surface area contributed by atoms with Gasteiger partial charge in [-0.1, -0.05) is 6.92 Å². The van der Waals surface area contributed by atoms with Crippen molar-refractivity contribution in [1.29, 1.82) is 0 Å². The van der Waals surface area contributed by atoms with E-state index in [0.717, 1.165) is 3.57 Å². The number of aliphatic carboxylic acids is 1. The van der Waals surface area contributed by atoms with Crippen LogP contribution in [-0.4, -0.2) is 29.1 Å². The van der Waals surface area contributed by atoms with Crippen molar-refractivity contribution in [1.82, 2.24) is 0 Å². The molecule has 1 aliphatic rings. The van der Waals surface area contributed by atoms with Crippen molar-refractivity contribution in [3.63, 3.8) is 0 Å². The predicted molar refractivity (Wildman–Crippen MR) is 78.3 cm³/mol. The molecule has 2 atom stereocenters. The summed E-state index contributed by atoms with van der Waals surface area (Å²) in [5.41, 5.74) is 0.533. The Kier molecular flexibility index (Phi) is 3.93. The van der Waals surface area contributed by atoms with Crippen LogP contribution in [0.25, 0.3) is 0 Å². The molecule has 1 aliphatic heterocycles. The molecule has 2 rings (SSSR count). The van der Waals surface area contributed by atoms with Gasteiger partial charge in [0.05, 0.1) is 10.8 Å². The van der Waals surface area contributed by atoms with Gasteiger partial charge in [0.1, 0.15) is 5.69 Å². The van der Waals surface area contributed by atoms with Gasteiger partial charge in [-0.25, -0.2) is 0 Å². The Morgan fingerprint density at radius 2 is 2.21 bits per heavy atom. The highest BCUT2D eigenvalue weighted by Crippen LogP contribution is 2.35. The SMILES string of the molecule is C[C@@H]1CN(c2ccc(I)cc2[N+](=O)[O-])C[C@H]1C(=O)O. The number of nitro benzene ring substituents is 1. The number of anilines is 1. The number of nitrogens with zero attached hydrogens (tertiary/aromatic N) is 2. The minimum Gasteiger partial charge on any atom is -0.481 e. The molecule has 0 amide bonds. The summed E-state index contributed by atoms with van der Waals surface area (Å²) in [5.74, 6) is -1.33. The fourth-order valence-corrected chi connectivity index (χ4v) is 2.87. The molecule has 1 saturated heterocycles. The van der Waals surface area contributed by atoms with Gasteiger partial charge in [-0.3, -0.25) is 14.9 Å². The van der Waals surface area contributed by atoms with Gasteiger partial charge in [0.15, 0.2) is 0 Å². The van der Waals surface area contributed by atoms with E-state index in [0.29, 0.717) is 18.8 Å². The lowest BCUT2D eigenvalue weighted by Crippen LogP contribution is -2.23. The monoisotopic (exact) mass is 376 g/mol. The topological polar surface area (TPSA) is 83.7 Å². The van der Waals surface area contributed by atoms with Crippen LogP contribution in [0.5, 0.6) is 0 Å². The van der Waals surface area contributed by atoms with Crippen molar-refractivity contribution in [3.8, 4) is 0 Å². The van der Waals surface area contributed by atoms with Crippen LogP contribution in [0.1, 0.15) is 6.92 Å². The van der Waals surface area contributed by atoms with Gasteiger partial charge in [-0.05, 0) is 40.6 Å². The maximum absolute atomic E-state index is 11.1. The molecule has 0 radical (unpaired) electrons. The number of hydrogen-bond donors (Lipinski definition) is 1. The number of carboxylic acid groups (broad SMARTS) is 1. The molecule has 0 saturated carbocycles. The Morgan fingerprint density at radius 3 is 2.74 bits per heavy atom. The second-order valence-electron chi connectivity index (χ2n) is 4.72. The summed E-state index contributed by atoms with van der Waals surface area (Å²) >= 11 is 2.02. The summed E-state index contributed by atoms with van der Waals surface area (Å²) in [6.07, 6.45) is 0. The Morgan fingerprint density at radius 1 is 1.53 bits per heavy atom. The molecule has 19 heavy (non-hydrogen) atoms. The van der Waals surface area contributed by atoms with E-state index in [2.05, 4.69) is 0 Å². The number of nitro groups is 1. The summed E-state index contributed by atoms with van der Waals surface area (Å²) in [5, 5.41) is 20.2. The van der Waals surface area contributed by atoms with Crippen LogP contribution >= 0.6 is 22.6 Å². The first-order chi connectivity index (χ1) is 8.90. The van der Waals surface area contributed by atoms with Gasteiger partial charge >= 0.3 is 5.97 Å². The third-order valence-electron chi connectivity index (χ3n) is 3.40. The zero-order valence-corrected chi connectivity index (χ0v) is 12.4. The number of hydrogen-bond acceptors (Lipinski definition) is 4. The number of carbonyl (C=O) groups is 1. The molecule has 0 unspecified atom stereocenters. The molecule has 0 spiro atoms. The molecule has 0 aliphatic carbocycles. The van der Waals surface area contributed by atoms with Gasteiger partial charge in [-0.15, -0.1) is 0 Å². The van der Waals surface area contributed by atoms with Crippen LogP contribution in [0.3, 0.4) is 0 Å². The summed E-state index contributed by atoms with van der Waals surface area (Å²) in [6.45, 7) is 2.70. The third kappa shape index (κ3) is 2.80. The lowest BCUT2D eigenvalue weighted by molar-refractivity contribution is -0.384. The smallest absolute Gasteiger partial charge is 0.308 e. The van der Waals surface area contributed by atoms with Crippen LogP contribution in [0, 0.1) is 25.5 Å². The molecule has 7 heteroatoms. The zero-order valence-electron chi connectivity index (χ0n) is 10.2. The van der Waals surface area contributed by atoms with Gasteiger partial charge in [0.2, 0.25) is 0 Å². The molecule has 102 valence electrons. The van der Waals surface area contributed by atoms with E-state index in [1.54, 1.807) is 17.0 Å². The van der Waals surface area contributed by atoms with Crippen LogP contribution in [0.2, 0.25) is 0 Å². The molecule has 1 N–H and O–H groups in total. The number of benzene rings is 1. The highest BCUT2D eigenvalue weighted by Gasteiger charge is 2.36. The minimum atomic E-state index is -0.844. The van der Waals surface area contributed by atoms with Crippen molar-refractivity contribution in [3.05, 3.63) is 31.9 Å². The molecule has 6 nitrogen and oxygen atoms in total. The predicted octanol–water partition coefficient (Wildman–Crippen LogP) is 2.36. The largest absolute Gasteiger partial charge is 0.481 e. The quantitative estimate of drug-likeness (QED) is 0.498. The van der Waals surface area contributed by atoms with Crippen LogP contribution in [0.15, 0.2) is 18.2 Å². The first-order valence-electron chi connectivity index (χ1n) is 5.82. The average Bonchev–Trinajstić information content (AvgIpc) is 2.71. The maximum atomic E-state index is 11.1. The van der Waals surface area contributed by atoms with Crippen LogP contribution in [-0.2, 0) is 4.79 Å². The van der Waals surface area contributed by atoms with Gasteiger partial charge in [0.25, 0.3) is 5.69 Å². The molecule has 1 heterocycles. The average molecular weight is 376 g/mol. The Hall–Kier alpha value is -1.38. The normalized spacial score (nSPS) is 22.5. The van der Waals surface area contributed by atoms with E-state index in [1.807, 2.05) is 29.5 Å². The Labute approximate surface area is 123 Å². The molecular weight excluding hydrogens is 363 g/mol. The zero-order chi connectivity index (χ0) is 14.2. The number of rotatable bonds is 3. The molecule has 0 aromatic heterocycles. The van der Waals surface area contributed by atoms with E-state index in [4.69, 9.17) is 5.11 Å². The van der Waals surface area contributed by atoms with Crippen molar-refractivity contribution >= 4 is 39.9 Å². The molecule has 1 aromatic rings. The summed E-state index contributed by atoms with van der Waals surface area (Å²) < 4.78 is 0.787. The van der Waals surface area contributed by atoms with E-state index < -0.39 is 16.8 Å². The Bertz CT molecular complexity index is 534. The lowest BCUT2D eigenvalue weighted by Gasteiger charge is -2.18. The van der Waals surface area contributed by atoms with E-state index in [1.165, 1.54) is 6.07 Å². The Balaban J connectivity index is 2.33. The molecular formula is C12H13IN2O4. The van der Waals surface area contributed by atoms with Gasteiger partial charge < -0.3 is 10.0 Å². The van der Waals surface area contributed by atoms with Crippen molar-refractivity contribution in [2.45, 2.75) is 6.92 Å². The van der Waals surface area contributed by atoms with Gasteiger partial charge in [0, 0.05) is 22.7 Å². The van der Waals surface area contributed by atoms with Crippen molar-refractivity contribution in [2.24, 2.45) is 11.8 Å². The summed E-state index contributed by atoms with van der Waals surface area (Å²) in [4.78, 5) is 23.6. The highest BCUT2D eigenvalue weighted by atomic mass is 127. The lowest BCUT2D eigenvalue weighted by atomic mass is 9.99.